The first-order valence-corrected chi connectivity index (χ1v) is 10.7. The van der Waals surface area contributed by atoms with Crippen molar-refractivity contribution < 1.29 is 18.0 Å². The van der Waals surface area contributed by atoms with Gasteiger partial charge in [-0.05, 0) is 42.3 Å². The predicted molar refractivity (Wildman–Crippen MR) is 111 cm³/mol. The lowest BCUT2D eigenvalue weighted by Gasteiger charge is -2.19. The molecule has 1 saturated heterocycles. The van der Waals surface area contributed by atoms with Crippen molar-refractivity contribution in [1.82, 2.24) is 4.90 Å². The van der Waals surface area contributed by atoms with Crippen molar-refractivity contribution in [2.45, 2.75) is 24.3 Å². The molecule has 1 aliphatic rings. The third-order valence-corrected chi connectivity index (χ3v) is 5.70. The Morgan fingerprint density at radius 3 is 2.41 bits per heavy atom. The van der Waals surface area contributed by atoms with Crippen LogP contribution in [0, 0.1) is 0 Å². The topological polar surface area (TPSA) is 113 Å². The normalized spacial score (nSPS) is 14.2. The second kappa shape index (κ2) is 8.22. The van der Waals surface area contributed by atoms with Gasteiger partial charge in [-0.25, -0.2) is 13.6 Å². The third kappa shape index (κ3) is 4.93. The molecule has 9 heteroatoms. The molecule has 0 aliphatic carbocycles. The third-order valence-electron chi connectivity index (χ3n) is 4.79. The molecule has 1 aliphatic heterocycles. The zero-order chi connectivity index (χ0) is 21.2. The number of hydrogen-bond donors (Lipinski definition) is 2. The summed E-state index contributed by atoms with van der Waals surface area (Å²) in [5.41, 5.74) is 2.36. The number of hydrogen-bond acceptors (Lipinski definition) is 5. The quantitative estimate of drug-likeness (QED) is 0.745. The number of sulfonamides is 1. The van der Waals surface area contributed by atoms with E-state index in [4.69, 9.17) is 5.14 Å². The molecule has 29 heavy (non-hydrogen) atoms. The van der Waals surface area contributed by atoms with E-state index < -0.39 is 10.0 Å². The number of carbonyl (C=O) groups excluding carboxylic acids is 2. The SMILES string of the molecule is CN(C)c1ccc(S(N)(=O)=O)cc1NC(=O)c1ccc(CN2CCCC2=O)cc1. The monoisotopic (exact) mass is 416 g/mol. The van der Waals surface area contributed by atoms with Crippen LogP contribution in [-0.2, 0) is 21.4 Å². The van der Waals surface area contributed by atoms with Crippen molar-refractivity contribution in [2.24, 2.45) is 5.14 Å². The minimum atomic E-state index is -3.89. The number of anilines is 2. The van der Waals surface area contributed by atoms with Crippen LogP contribution in [0.15, 0.2) is 47.4 Å². The van der Waals surface area contributed by atoms with Gasteiger partial charge in [0.25, 0.3) is 5.91 Å². The highest BCUT2D eigenvalue weighted by Crippen LogP contribution is 2.28. The molecular formula is C20H24N4O4S. The Kier molecular flexibility index (Phi) is 5.90. The second-order valence-corrected chi connectivity index (χ2v) is 8.75. The molecule has 0 spiro atoms. The number of primary sulfonamides is 1. The molecule has 0 radical (unpaired) electrons. The van der Waals surface area contributed by atoms with Gasteiger partial charge in [-0.2, -0.15) is 0 Å². The summed E-state index contributed by atoms with van der Waals surface area (Å²) in [6.07, 6.45) is 1.47. The summed E-state index contributed by atoms with van der Waals surface area (Å²) in [5.74, 6) is -0.221. The van der Waals surface area contributed by atoms with E-state index >= 15 is 0 Å². The molecule has 0 aromatic heterocycles. The first-order chi connectivity index (χ1) is 13.6. The maximum absolute atomic E-state index is 12.7. The Hall–Kier alpha value is -2.91. The first kappa shape index (κ1) is 20.8. The Balaban J connectivity index is 1.78. The number of nitrogens with one attached hydrogen (secondary N) is 1. The van der Waals surface area contributed by atoms with Crippen LogP contribution in [0.25, 0.3) is 0 Å². The lowest BCUT2D eigenvalue weighted by atomic mass is 10.1. The van der Waals surface area contributed by atoms with Crippen molar-refractivity contribution in [3.63, 3.8) is 0 Å². The van der Waals surface area contributed by atoms with Crippen molar-refractivity contribution in [2.75, 3.05) is 30.9 Å². The largest absolute Gasteiger partial charge is 0.376 e. The van der Waals surface area contributed by atoms with Crippen LogP contribution in [0.4, 0.5) is 11.4 Å². The zero-order valence-corrected chi connectivity index (χ0v) is 17.2. The molecule has 2 amide bonds. The summed E-state index contributed by atoms with van der Waals surface area (Å²) in [5, 5.41) is 7.96. The molecule has 8 nitrogen and oxygen atoms in total. The van der Waals surface area contributed by atoms with Crippen LogP contribution < -0.4 is 15.4 Å². The van der Waals surface area contributed by atoms with Crippen LogP contribution in [0.5, 0.6) is 0 Å². The van der Waals surface area contributed by atoms with Crippen molar-refractivity contribution >= 4 is 33.2 Å². The molecule has 0 bridgehead atoms. The van der Waals surface area contributed by atoms with Crippen LogP contribution >= 0.6 is 0 Å². The number of carbonyl (C=O) groups is 2. The molecule has 0 saturated carbocycles. The lowest BCUT2D eigenvalue weighted by molar-refractivity contribution is -0.128. The summed E-state index contributed by atoms with van der Waals surface area (Å²) >= 11 is 0. The molecule has 2 aromatic rings. The van der Waals surface area contributed by atoms with E-state index in [2.05, 4.69) is 5.32 Å². The van der Waals surface area contributed by atoms with Gasteiger partial charge in [-0.3, -0.25) is 9.59 Å². The molecular weight excluding hydrogens is 392 g/mol. The minimum absolute atomic E-state index is 0.0796. The van der Waals surface area contributed by atoms with Gasteiger partial charge in [-0.1, -0.05) is 12.1 Å². The van der Waals surface area contributed by atoms with E-state index in [0.717, 1.165) is 18.5 Å². The van der Waals surface area contributed by atoms with Crippen molar-refractivity contribution in [1.29, 1.82) is 0 Å². The second-order valence-electron chi connectivity index (χ2n) is 7.19. The Bertz CT molecular complexity index is 1030. The molecule has 0 unspecified atom stereocenters. The summed E-state index contributed by atoms with van der Waals surface area (Å²) in [7, 11) is -0.316. The number of amides is 2. The number of nitrogens with zero attached hydrogens (tertiary/aromatic N) is 2. The lowest BCUT2D eigenvalue weighted by Crippen LogP contribution is -2.23. The highest BCUT2D eigenvalue weighted by Gasteiger charge is 2.20. The Morgan fingerprint density at radius 2 is 1.86 bits per heavy atom. The number of likely N-dealkylation sites (tertiary alicyclic amines) is 1. The van der Waals surface area contributed by atoms with E-state index in [1.54, 1.807) is 42.1 Å². The summed E-state index contributed by atoms with van der Waals surface area (Å²) in [6.45, 7) is 1.29. The van der Waals surface area contributed by atoms with Crippen LogP contribution in [0.1, 0.15) is 28.8 Å². The van der Waals surface area contributed by atoms with Gasteiger partial charge in [0.2, 0.25) is 15.9 Å². The van der Waals surface area contributed by atoms with E-state index in [1.807, 2.05) is 12.1 Å². The van der Waals surface area contributed by atoms with E-state index in [9.17, 15) is 18.0 Å². The molecule has 2 aromatic carbocycles. The smallest absolute Gasteiger partial charge is 0.255 e. The maximum atomic E-state index is 12.7. The van der Waals surface area contributed by atoms with Gasteiger partial charge in [0.1, 0.15) is 0 Å². The van der Waals surface area contributed by atoms with Gasteiger partial charge in [0.05, 0.1) is 16.3 Å². The van der Waals surface area contributed by atoms with E-state index in [-0.39, 0.29) is 16.7 Å². The van der Waals surface area contributed by atoms with Crippen LogP contribution in [0.2, 0.25) is 0 Å². The zero-order valence-electron chi connectivity index (χ0n) is 16.4. The maximum Gasteiger partial charge on any atom is 0.255 e. The highest BCUT2D eigenvalue weighted by atomic mass is 32.2. The minimum Gasteiger partial charge on any atom is -0.376 e. The summed E-state index contributed by atoms with van der Waals surface area (Å²) in [6, 6.07) is 11.3. The van der Waals surface area contributed by atoms with Gasteiger partial charge in [0.15, 0.2) is 0 Å². The molecule has 3 N–H and O–H groups in total. The van der Waals surface area contributed by atoms with Gasteiger partial charge >= 0.3 is 0 Å². The molecule has 154 valence electrons. The fourth-order valence-electron chi connectivity index (χ4n) is 3.23. The van der Waals surface area contributed by atoms with Crippen LogP contribution in [-0.4, -0.2) is 45.8 Å². The molecule has 1 heterocycles. The number of nitrogens with two attached hydrogens (primary N) is 1. The van der Waals surface area contributed by atoms with E-state index in [0.29, 0.717) is 29.9 Å². The van der Waals surface area contributed by atoms with Gasteiger partial charge < -0.3 is 15.1 Å². The summed E-state index contributed by atoms with van der Waals surface area (Å²) in [4.78, 5) is 27.9. The fourth-order valence-corrected chi connectivity index (χ4v) is 3.77. The fraction of sp³-hybridized carbons (Fsp3) is 0.300. The van der Waals surface area contributed by atoms with Crippen molar-refractivity contribution in [3.05, 3.63) is 53.6 Å². The first-order valence-electron chi connectivity index (χ1n) is 9.17. The number of rotatable bonds is 6. The highest BCUT2D eigenvalue weighted by molar-refractivity contribution is 7.89. The predicted octanol–water partition coefficient (Wildman–Crippen LogP) is 1.77. The van der Waals surface area contributed by atoms with Crippen molar-refractivity contribution in [3.8, 4) is 0 Å². The average Bonchev–Trinajstić information content (AvgIpc) is 3.06. The average molecular weight is 417 g/mol. The van der Waals surface area contributed by atoms with Crippen LogP contribution in [0.3, 0.4) is 0 Å². The van der Waals surface area contributed by atoms with Gasteiger partial charge in [0, 0.05) is 39.2 Å². The number of benzene rings is 2. The Morgan fingerprint density at radius 1 is 1.17 bits per heavy atom. The summed E-state index contributed by atoms with van der Waals surface area (Å²) < 4.78 is 23.3. The molecule has 1 fully saturated rings. The molecule has 0 atom stereocenters. The standard InChI is InChI=1S/C20H24N4O4S/c1-23(2)18-10-9-16(29(21,27)28)12-17(18)22-20(26)15-7-5-14(6-8-15)13-24-11-3-4-19(24)25/h5-10,12H,3-4,11,13H2,1-2H3,(H,22,26)(H2,21,27,28). The molecule has 3 rings (SSSR count). The van der Waals surface area contributed by atoms with Gasteiger partial charge in [-0.15, -0.1) is 0 Å². The Labute approximate surface area is 170 Å². The van der Waals surface area contributed by atoms with E-state index in [1.165, 1.54) is 12.1 Å².